The lowest BCUT2D eigenvalue weighted by Crippen LogP contribution is -2.38. The molecule has 0 aromatic heterocycles. The molecule has 21 heavy (non-hydrogen) atoms. The Morgan fingerprint density at radius 3 is 2.14 bits per heavy atom. The molecule has 0 aliphatic heterocycles. The summed E-state index contributed by atoms with van der Waals surface area (Å²) < 4.78 is 0. The van der Waals surface area contributed by atoms with Gasteiger partial charge in [-0.3, -0.25) is 0 Å². The molecular formula is C19H24ClN. The topological polar surface area (TPSA) is 12.0 Å². The van der Waals surface area contributed by atoms with Crippen LogP contribution in [-0.2, 0) is 12.8 Å². The predicted octanol–water partition coefficient (Wildman–Crippen LogP) is 4.88. The molecule has 0 bridgehead atoms. The van der Waals surface area contributed by atoms with E-state index in [-0.39, 0.29) is 0 Å². The summed E-state index contributed by atoms with van der Waals surface area (Å²) in [5.74, 6) is 0. The molecule has 2 heteroatoms. The first-order chi connectivity index (χ1) is 10.2. The van der Waals surface area contributed by atoms with E-state index in [0.717, 1.165) is 24.3 Å². The Balaban J connectivity index is 1.87. The number of nitrogens with one attached hydrogen (secondary N) is 1. The predicted molar refractivity (Wildman–Crippen MR) is 92.0 cm³/mol. The second-order valence-corrected chi connectivity index (χ2v) is 6.13. The molecular weight excluding hydrogens is 278 g/mol. The highest BCUT2D eigenvalue weighted by molar-refractivity contribution is 6.30. The summed E-state index contributed by atoms with van der Waals surface area (Å²) in [4.78, 5) is 0. The van der Waals surface area contributed by atoms with Gasteiger partial charge in [0.25, 0.3) is 0 Å². The Hall–Kier alpha value is -1.31. The minimum atomic E-state index is 0.458. The first kappa shape index (κ1) is 16.1. The second-order valence-electron chi connectivity index (χ2n) is 5.69. The third kappa shape index (κ3) is 5.53. The third-order valence-corrected chi connectivity index (χ3v) is 4.05. The van der Waals surface area contributed by atoms with E-state index in [1.807, 2.05) is 12.1 Å². The Bertz CT molecular complexity index is 521. The first-order valence-electron chi connectivity index (χ1n) is 7.71. The highest BCUT2D eigenvalue weighted by Crippen LogP contribution is 2.12. The largest absolute Gasteiger partial charge is 0.311 e. The van der Waals surface area contributed by atoms with E-state index in [0.29, 0.717) is 12.1 Å². The molecule has 0 radical (unpaired) electrons. The van der Waals surface area contributed by atoms with Gasteiger partial charge in [-0.25, -0.2) is 0 Å². The minimum Gasteiger partial charge on any atom is -0.311 e. The maximum Gasteiger partial charge on any atom is 0.0406 e. The van der Waals surface area contributed by atoms with Gasteiger partial charge in [0.15, 0.2) is 0 Å². The molecule has 0 saturated carbocycles. The zero-order valence-electron chi connectivity index (χ0n) is 12.9. The van der Waals surface area contributed by atoms with Gasteiger partial charge in [-0.1, -0.05) is 61.0 Å². The molecule has 0 heterocycles. The van der Waals surface area contributed by atoms with Gasteiger partial charge in [-0.2, -0.15) is 0 Å². The quantitative estimate of drug-likeness (QED) is 0.768. The molecule has 0 aliphatic rings. The van der Waals surface area contributed by atoms with E-state index >= 15 is 0 Å². The van der Waals surface area contributed by atoms with Crippen LogP contribution in [0.3, 0.4) is 0 Å². The molecule has 2 aromatic carbocycles. The van der Waals surface area contributed by atoms with Crippen molar-refractivity contribution in [1.82, 2.24) is 5.32 Å². The Labute approximate surface area is 133 Å². The summed E-state index contributed by atoms with van der Waals surface area (Å²) in [6.45, 7) is 4.50. The summed E-state index contributed by atoms with van der Waals surface area (Å²) in [5.41, 5.74) is 2.73. The summed E-state index contributed by atoms with van der Waals surface area (Å²) in [6.07, 6.45) is 3.25. The van der Waals surface area contributed by atoms with Crippen molar-refractivity contribution >= 4 is 11.6 Å². The number of benzene rings is 2. The van der Waals surface area contributed by atoms with Crippen molar-refractivity contribution in [3.05, 3.63) is 70.7 Å². The molecule has 112 valence electrons. The van der Waals surface area contributed by atoms with Crippen LogP contribution in [0.25, 0.3) is 0 Å². The number of hydrogen-bond donors (Lipinski definition) is 1. The number of halogens is 1. The van der Waals surface area contributed by atoms with Gasteiger partial charge in [0.2, 0.25) is 0 Å². The summed E-state index contributed by atoms with van der Waals surface area (Å²) in [5, 5.41) is 4.55. The van der Waals surface area contributed by atoms with Gasteiger partial charge in [-0.15, -0.1) is 0 Å². The molecule has 0 amide bonds. The van der Waals surface area contributed by atoms with Gasteiger partial charge in [0, 0.05) is 17.1 Å². The van der Waals surface area contributed by atoms with E-state index in [1.165, 1.54) is 11.1 Å². The van der Waals surface area contributed by atoms with E-state index in [9.17, 15) is 0 Å². The molecule has 2 rings (SSSR count). The summed E-state index contributed by atoms with van der Waals surface area (Å²) in [6, 6.07) is 19.8. The zero-order valence-corrected chi connectivity index (χ0v) is 13.6. The lowest BCUT2D eigenvalue weighted by molar-refractivity contribution is 0.429. The van der Waals surface area contributed by atoms with E-state index < -0.39 is 0 Å². The van der Waals surface area contributed by atoms with Gasteiger partial charge < -0.3 is 5.32 Å². The Morgan fingerprint density at radius 1 is 0.905 bits per heavy atom. The van der Waals surface area contributed by atoms with Crippen molar-refractivity contribution in [2.45, 2.75) is 45.2 Å². The Kier molecular flexibility index (Phi) is 6.28. The average molecular weight is 302 g/mol. The van der Waals surface area contributed by atoms with Crippen LogP contribution >= 0.6 is 11.6 Å². The van der Waals surface area contributed by atoms with Crippen molar-refractivity contribution in [3.63, 3.8) is 0 Å². The van der Waals surface area contributed by atoms with Gasteiger partial charge >= 0.3 is 0 Å². The molecule has 0 fully saturated rings. The van der Waals surface area contributed by atoms with Crippen LogP contribution in [0.2, 0.25) is 5.02 Å². The fraction of sp³-hybridized carbons (Fsp3) is 0.368. The van der Waals surface area contributed by atoms with Gasteiger partial charge in [0.1, 0.15) is 0 Å². The first-order valence-corrected chi connectivity index (χ1v) is 8.09. The van der Waals surface area contributed by atoms with Crippen molar-refractivity contribution in [2.24, 2.45) is 0 Å². The molecule has 0 spiro atoms. The Morgan fingerprint density at radius 2 is 1.52 bits per heavy atom. The number of hydrogen-bond acceptors (Lipinski definition) is 1. The highest BCUT2D eigenvalue weighted by atomic mass is 35.5. The molecule has 2 atom stereocenters. The van der Waals surface area contributed by atoms with Crippen LogP contribution < -0.4 is 5.32 Å². The second kappa shape index (κ2) is 8.21. The van der Waals surface area contributed by atoms with E-state index in [2.05, 4.69) is 61.6 Å². The van der Waals surface area contributed by atoms with Crippen molar-refractivity contribution in [1.29, 1.82) is 0 Å². The molecule has 2 aromatic rings. The molecule has 1 nitrogen and oxygen atoms in total. The fourth-order valence-electron chi connectivity index (χ4n) is 2.66. The monoisotopic (exact) mass is 301 g/mol. The lowest BCUT2D eigenvalue weighted by Gasteiger charge is -2.22. The smallest absolute Gasteiger partial charge is 0.0406 e. The van der Waals surface area contributed by atoms with Crippen molar-refractivity contribution in [3.8, 4) is 0 Å². The summed E-state index contributed by atoms with van der Waals surface area (Å²) >= 11 is 5.93. The fourth-order valence-corrected chi connectivity index (χ4v) is 2.78. The molecule has 0 saturated heterocycles. The third-order valence-electron chi connectivity index (χ3n) is 3.79. The van der Waals surface area contributed by atoms with Crippen LogP contribution in [0, 0.1) is 0 Å². The standard InChI is InChI=1S/C19H24ClN/c1-3-19(14-16-7-5-4-6-8-16)21-15(2)13-17-9-11-18(20)12-10-17/h4-12,15,19,21H,3,13-14H2,1-2H3. The molecule has 0 aliphatic carbocycles. The average Bonchev–Trinajstić information content (AvgIpc) is 2.50. The summed E-state index contributed by atoms with van der Waals surface area (Å²) in [7, 11) is 0. The number of rotatable bonds is 7. The highest BCUT2D eigenvalue weighted by Gasteiger charge is 2.11. The van der Waals surface area contributed by atoms with Crippen LogP contribution in [0.1, 0.15) is 31.4 Å². The van der Waals surface area contributed by atoms with Crippen LogP contribution in [-0.4, -0.2) is 12.1 Å². The zero-order chi connectivity index (χ0) is 15.1. The maximum absolute atomic E-state index is 5.93. The van der Waals surface area contributed by atoms with Crippen LogP contribution in [0.4, 0.5) is 0 Å². The SMILES string of the molecule is CCC(Cc1ccccc1)NC(C)Cc1ccc(Cl)cc1. The van der Waals surface area contributed by atoms with E-state index in [4.69, 9.17) is 11.6 Å². The normalized spacial score (nSPS) is 13.9. The van der Waals surface area contributed by atoms with E-state index in [1.54, 1.807) is 0 Å². The maximum atomic E-state index is 5.93. The molecule has 1 N–H and O–H groups in total. The minimum absolute atomic E-state index is 0.458. The van der Waals surface area contributed by atoms with Crippen molar-refractivity contribution < 1.29 is 0 Å². The van der Waals surface area contributed by atoms with Gasteiger partial charge in [-0.05, 0) is 49.4 Å². The lowest BCUT2D eigenvalue weighted by atomic mass is 10.0. The van der Waals surface area contributed by atoms with Crippen LogP contribution in [0.5, 0.6) is 0 Å². The molecule has 2 unspecified atom stereocenters. The van der Waals surface area contributed by atoms with Gasteiger partial charge in [0.05, 0.1) is 0 Å². The van der Waals surface area contributed by atoms with Crippen molar-refractivity contribution in [2.75, 3.05) is 0 Å². The van der Waals surface area contributed by atoms with Crippen LogP contribution in [0.15, 0.2) is 54.6 Å².